The largest absolute Gasteiger partial charge is 0.451 e. The van der Waals surface area contributed by atoms with Crippen LogP contribution in [-0.2, 0) is 9.53 Å². The van der Waals surface area contributed by atoms with E-state index >= 15 is 0 Å². The van der Waals surface area contributed by atoms with Gasteiger partial charge in [-0.3, -0.25) is 0 Å². The maximum absolute atomic E-state index is 12.0. The van der Waals surface area contributed by atoms with E-state index in [1.807, 2.05) is 0 Å². The fourth-order valence-corrected chi connectivity index (χ4v) is 9.03. The van der Waals surface area contributed by atoms with Crippen molar-refractivity contribution in [2.75, 3.05) is 0 Å². The number of ether oxygens (including phenoxy) is 1. The monoisotopic (exact) mass is 365 g/mol. The molecule has 0 amide bonds. The van der Waals surface area contributed by atoms with E-state index < -0.39 is 0 Å². The minimum absolute atomic E-state index is 0.120. The summed E-state index contributed by atoms with van der Waals surface area (Å²) in [4.78, 5) is 12.0. The van der Waals surface area contributed by atoms with Crippen LogP contribution in [-0.4, -0.2) is 22.5 Å². The quantitative estimate of drug-likeness (QED) is 0.402. The second kappa shape index (κ2) is 4.52. The van der Waals surface area contributed by atoms with Crippen molar-refractivity contribution in [3.63, 3.8) is 0 Å². The minimum Gasteiger partial charge on any atom is -0.451 e. The first kappa shape index (κ1) is 15.4. The number of allylic oxidation sites excluding steroid dienone is 2. The molecule has 0 radical (unpaired) electrons. The lowest BCUT2D eigenvalue weighted by Gasteiger charge is -2.56. The molecular formula is C23H27NO3. The van der Waals surface area contributed by atoms with Gasteiger partial charge < -0.3 is 9.94 Å². The van der Waals surface area contributed by atoms with E-state index in [0.717, 1.165) is 54.1 Å². The highest BCUT2D eigenvalue weighted by atomic mass is 16.6. The van der Waals surface area contributed by atoms with Gasteiger partial charge in [-0.15, -0.1) is 0 Å². The van der Waals surface area contributed by atoms with Crippen LogP contribution in [0.4, 0.5) is 0 Å². The first-order valence-corrected chi connectivity index (χ1v) is 10.9. The molecule has 142 valence electrons. The Balaban J connectivity index is 1.30. The lowest BCUT2D eigenvalue weighted by Crippen LogP contribution is -2.55. The lowest BCUT2D eigenvalue weighted by atomic mass is 9.49. The predicted molar refractivity (Wildman–Crippen MR) is 99.0 cm³/mol. The SMILES string of the molecule is C[C@]12CCC3C(C1[C@H]1C[C@H]1[C@@]21C=CC(=O)O1)[C@H]1C[C@H]1C1=C/C(=N/O)CC[C@@H]13. The summed E-state index contributed by atoms with van der Waals surface area (Å²) >= 11 is 0. The molecule has 7 rings (SSSR count). The molecule has 4 nitrogen and oxygen atoms in total. The summed E-state index contributed by atoms with van der Waals surface area (Å²) in [6.07, 6.45) is 13.2. The number of hydrogen-bond acceptors (Lipinski definition) is 4. The van der Waals surface area contributed by atoms with Crippen molar-refractivity contribution >= 4 is 11.7 Å². The molecule has 5 saturated carbocycles. The van der Waals surface area contributed by atoms with E-state index in [2.05, 4.69) is 24.2 Å². The zero-order valence-corrected chi connectivity index (χ0v) is 15.8. The number of rotatable bonds is 0. The summed E-state index contributed by atoms with van der Waals surface area (Å²) in [5, 5.41) is 12.8. The van der Waals surface area contributed by atoms with Crippen molar-refractivity contribution in [1.82, 2.24) is 0 Å². The van der Waals surface area contributed by atoms with Gasteiger partial charge in [-0.2, -0.15) is 0 Å². The van der Waals surface area contributed by atoms with Crippen LogP contribution in [0.2, 0.25) is 0 Å². The van der Waals surface area contributed by atoms with E-state index in [9.17, 15) is 10.0 Å². The van der Waals surface area contributed by atoms with Crippen molar-refractivity contribution in [1.29, 1.82) is 0 Å². The molecule has 27 heavy (non-hydrogen) atoms. The number of carbonyl (C=O) groups excluding carboxylic acids is 1. The third-order valence-electron chi connectivity index (χ3n) is 10.0. The first-order chi connectivity index (χ1) is 13.1. The maximum atomic E-state index is 12.0. The molecule has 10 atom stereocenters. The van der Waals surface area contributed by atoms with Crippen molar-refractivity contribution in [3.05, 3.63) is 23.8 Å². The fourth-order valence-electron chi connectivity index (χ4n) is 9.03. The maximum Gasteiger partial charge on any atom is 0.331 e. The summed E-state index contributed by atoms with van der Waals surface area (Å²) in [6, 6.07) is 0. The van der Waals surface area contributed by atoms with Gasteiger partial charge in [0, 0.05) is 17.4 Å². The Hall–Kier alpha value is -1.58. The lowest BCUT2D eigenvalue weighted by molar-refractivity contribution is -0.168. The van der Waals surface area contributed by atoms with Gasteiger partial charge >= 0.3 is 5.97 Å². The summed E-state index contributed by atoms with van der Waals surface area (Å²) in [5.41, 5.74) is 2.33. The molecule has 1 heterocycles. The molecule has 5 fully saturated rings. The van der Waals surface area contributed by atoms with Gasteiger partial charge in [-0.05, 0) is 92.1 Å². The molecule has 1 aliphatic heterocycles. The summed E-state index contributed by atoms with van der Waals surface area (Å²) in [6.45, 7) is 2.45. The van der Waals surface area contributed by atoms with Gasteiger partial charge in [0.05, 0.1) is 5.71 Å². The highest BCUT2D eigenvalue weighted by Crippen LogP contribution is 2.80. The average Bonchev–Trinajstić information content (AvgIpc) is 3.58. The Morgan fingerprint density at radius 2 is 2.07 bits per heavy atom. The predicted octanol–water partition coefficient (Wildman–Crippen LogP) is 3.95. The summed E-state index contributed by atoms with van der Waals surface area (Å²) in [5.74, 6) is 5.78. The van der Waals surface area contributed by atoms with Crippen LogP contribution in [0, 0.1) is 52.8 Å². The van der Waals surface area contributed by atoms with Gasteiger partial charge in [0.1, 0.15) is 5.60 Å². The number of oxime groups is 1. The number of carbonyl (C=O) groups is 1. The average molecular weight is 365 g/mol. The zero-order valence-electron chi connectivity index (χ0n) is 15.8. The van der Waals surface area contributed by atoms with Crippen molar-refractivity contribution < 1.29 is 14.7 Å². The first-order valence-electron chi connectivity index (χ1n) is 10.9. The Bertz CT molecular complexity index is 858. The Kier molecular flexibility index (Phi) is 2.57. The van der Waals surface area contributed by atoms with Gasteiger partial charge in [-0.25, -0.2) is 4.79 Å². The van der Waals surface area contributed by atoms with E-state index in [1.165, 1.54) is 25.7 Å². The minimum atomic E-state index is -0.297. The topological polar surface area (TPSA) is 58.9 Å². The standard InChI is InChI=1S/C23H27NO3/c1-22-6-4-13-12-3-2-11(24-26)8-14(12)15-9-16(15)20(13)21(22)17-10-18(17)23(22)7-5-19(25)27-23/h5,7-8,12-13,15-18,20-21,26H,2-4,6,9-10H2,1H3/b24-11+/t12-,13?,15+,16+,17+,18-,20?,21?,22+,23+/m1/s1. The third kappa shape index (κ3) is 1.61. The van der Waals surface area contributed by atoms with Crippen molar-refractivity contribution in [3.8, 4) is 0 Å². The molecule has 1 spiro atoms. The molecule has 0 aromatic carbocycles. The van der Waals surface area contributed by atoms with Crippen LogP contribution >= 0.6 is 0 Å². The second-order valence-electron chi connectivity index (χ2n) is 10.7. The van der Waals surface area contributed by atoms with Crippen molar-refractivity contribution in [2.45, 2.75) is 51.0 Å². The Morgan fingerprint density at radius 1 is 1.19 bits per heavy atom. The van der Waals surface area contributed by atoms with Crippen LogP contribution in [0.25, 0.3) is 0 Å². The molecule has 0 saturated heterocycles. The van der Waals surface area contributed by atoms with Crippen molar-refractivity contribution in [2.24, 2.45) is 57.9 Å². The van der Waals surface area contributed by atoms with Crippen LogP contribution in [0.3, 0.4) is 0 Å². The molecule has 0 aromatic heterocycles. The van der Waals surface area contributed by atoms with Gasteiger partial charge in [0.15, 0.2) is 0 Å². The molecule has 6 aliphatic carbocycles. The van der Waals surface area contributed by atoms with E-state index in [4.69, 9.17) is 4.74 Å². The highest BCUT2D eigenvalue weighted by Gasteiger charge is 2.79. The molecule has 7 aliphatic rings. The molecule has 0 aromatic rings. The Labute approximate surface area is 159 Å². The summed E-state index contributed by atoms with van der Waals surface area (Å²) in [7, 11) is 0. The van der Waals surface area contributed by atoms with E-state index in [-0.39, 0.29) is 17.0 Å². The summed E-state index contributed by atoms with van der Waals surface area (Å²) < 4.78 is 6.10. The number of fused-ring (bicyclic) bond motifs is 12. The smallest absolute Gasteiger partial charge is 0.331 e. The van der Waals surface area contributed by atoms with Gasteiger partial charge in [0.2, 0.25) is 0 Å². The molecule has 0 bridgehead atoms. The number of hydrogen-bond donors (Lipinski definition) is 1. The van der Waals surface area contributed by atoms with Crippen LogP contribution in [0.15, 0.2) is 29.0 Å². The highest BCUT2D eigenvalue weighted by molar-refractivity contribution is 5.96. The van der Waals surface area contributed by atoms with Gasteiger partial charge in [-0.1, -0.05) is 17.7 Å². The van der Waals surface area contributed by atoms with Crippen LogP contribution in [0.5, 0.6) is 0 Å². The normalized spacial score (nSPS) is 60.1. The van der Waals surface area contributed by atoms with Gasteiger partial charge in [0.25, 0.3) is 0 Å². The Morgan fingerprint density at radius 3 is 2.85 bits per heavy atom. The second-order valence-corrected chi connectivity index (χ2v) is 10.7. The molecule has 4 heteroatoms. The molecule has 3 unspecified atom stereocenters. The van der Waals surface area contributed by atoms with E-state index in [1.54, 1.807) is 11.6 Å². The third-order valence-corrected chi connectivity index (χ3v) is 10.0. The van der Waals surface area contributed by atoms with Crippen LogP contribution in [0.1, 0.15) is 45.4 Å². The van der Waals surface area contributed by atoms with E-state index in [0.29, 0.717) is 11.8 Å². The molecular weight excluding hydrogens is 338 g/mol. The fraction of sp³-hybridized carbons (Fsp3) is 0.739. The molecule has 1 N–H and O–H groups in total. The van der Waals surface area contributed by atoms with Crippen LogP contribution < -0.4 is 0 Å². The zero-order chi connectivity index (χ0) is 18.1. The number of nitrogens with zero attached hydrogens (tertiary/aromatic N) is 1. The number of esters is 1.